The van der Waals surface area contributed by atoms with Gasteiger partial charge in [-0.3, -0.25) is 0 Å². The van der Waals surface area contributed by atoms with Crippen molar-refractivity contribution in [2.75, 3.05) is 0 Å². The number of imidazole rings is 1. The molecule has 3 nitrogen and oxygen atoms in total. The fraction of sp³-hybridized carbons (Fsp3) is 0.100. The average molecular weight is 174 g/mol. The fourth-order valence-corrected chi connectivity index (χ4v) is 1.33. The van der Waals surface area contributed by atoms with Crippen LogP contribution in [0.25, 0.3) is 11.4 Å². The highest BCUT2D eigenvalue weighted by atomic mass is 16.3. The molecule has 66 valence electrons. The number of phenolic OH excluding ortho intramolecular Hbond substituents is 1. The second-order valence-corrected chi connectivity index (χ2v) is 2.94. The van der Waals surface area contributed by atoms with Crippen molar-refractivity contribution in [3.63, 3.8) is 0 Å². The van der Waals surface area contributed by atoms with Crippen LogP contribution in [0.1, 0.15) is 5.56 Å². The zero-order chi connectivity index (χ0) is 9.26. The Hall–Kier alpha value is -1.77. The molecule has 0 spiro atoms. The Morgan fingerprint density at radius 2 is 2.23 bits per heavy atom. The number of phenols is 1. The number of aromatic hydroxyl groups is 1. The lowest BCUT2D eigenvalue weighted by molar-refractivity contribution is 0.475. The van der Waals surface area contributed by atoms with Gasteiger partial charge in [0.1, 0.15) is 11.6 Å². The van der Waals surface area contributed by atoms with Crippen molar-refractivity contribution < 1.29 is 5.11 Å². The molecule has 0 radical (unpaired) electrons. The number of nitrogens with one attached hydrogen (secondary N) is 1. The Kier molecular flexibility index (Phi) is 1.77. The first-order chi connectivity index (χ1) is 6.27. The van der Waals surface area contributed by atoms with Gasteiger partial charge < -0.3 is 10.1 Å². The monoisotopic (exact) mass is 174 g/mol. The first kappa shape index (κ1) is 7.86. The number of benzene rings is 1. The molecule has 2 aromatic rings. The molecular weight excluding hydrogens is 164 g/mol. The molecule has 0 aliphatic carbocycles. The maximum Gasteiger partial charge on any atom is 0.137 e. The van der Waals surface area contributed by atoms with Crippen LogP contribution in [0.3, 0.4) is 0 Å². The van der Waals surface area contributed by atoms with Crippen molar-refractivity contribution in [1.29, 1.82) is 0 Å². The summed E-state index contributed by atoms with van der Waals surface area (Å²) >= 11 is 0. The average Bonchev–Trinajstić information content (AvgIpc) is 2.56. The summed E-state index contributed by atoms with van der Waals surface area (Å²) in [4.78, 5) is 7.16. The first-order valence-electron chi connectivity index (χ1n) is 4.07. The summed E-state index contributed by atoms with van der Waals surface area (Å²) in [5, 5.41) is 9.20. The maximum atomic E-state index is 9.20. The van der Waals surface area contributed by atoms with Gasteiger partial charge in [0.25, 0.3) is 0 Å². The number of H-pyrrole nitrogens is 1. The molecule has 0 saturated heterocycles. The van der Waals surface area contributed by atoms with Crippen molar-refractivity contribution in [3.05, 3.63) is 36.2 Å². The van der Waals surface area contributed by atoms with Crippen molar-refractivity contribution in [1.82, 2.24) is 9.97 Å². The van der Waals surface area contributed by atoms with E-state index in [1.54, 1.807) is 24.5 Å². The van der Waals surface area contributed by atoms with E-state index in [1.165, 1.54) is 0 Å². The van der Waals surface area contributed by atoms with Gasteiger partial charge >= 0.3 is 0 Å². The number of aromatic nitrogens is 2. The van der Waals surface area contributed by atoms with Crippen LogP contribution in [-0.2, 0) is 0 Å². The number of nitrogens with zero attached hydrogens (tertiary/aromatic N) is 1. The van der Waals surface area contributed by atoms with E-state index >= 15 is 0 Å². The minimum Gasteiger partial charge on any atom is -0.508 e. The standard InChI is InChI=1S/C10H10N2O/c1-7-6-8(13)2-3-9(7)10-11-4-5-12-10/h2-6,13H,1H3,(H,11,12). The molecule has 0 saturated carbocycles. The molecule has 0 bridgehead atoms. The van der Waals surface area contributed by atoms with Crippen LogP contribution in [0.4, 0.5) is 0 Å². The number of rotatable bonds is 1. The van der Waals surface area contributed by atoms with Crippen LogP contribution in [-0.4, -0.2) is 15.1 Å². The van der Waals surface area contributed by atoms with Crippen molar-refractivity contribution in [3.8, 4) is 17.1 Å². The number of aryl methyl sites for hydroxylation is 1. The van der Waals surface area contributed by atoms with E-state index in [2.05, 4.69) is 9.97 Å². The van der Waals surface area contributed by atoms with Crippen molar-refractivity contribution in [2.24, 2.45) is 0 Å². The minimum absolute atomic E-state index is 0.285. The molecule has 0 aliphatic heterocycles. The zero-order valence-corrected chi connectivity index (χ0v) is 7.28. The third kappa shape index (κ3) is 1.40. The van der Waals surface area contributed by atoms with Gasteiger partial charge in [0.15, 0.2) is 0 Å². The maximum absolute atomic E-state index is 9.20. The molecule has 1 heterocycles. The van der Waals surface area contributed by atoms with Crippen LogP contribution < -0.4 is 0 Å². The molecular formula is C10H10N2O. The lowest BCUT2D eigenvalue weighted by Crippen LogP contribution is -1.84. The van der Waals surface area contributed by atoms with Gasteiger partial charge in [-0.05, 0) is 30.7 Å². The highest BCUT2D eigenvalue weighted by Crippen LogP contribution is 2.22. The van der Waals surface area contributed by atoms with Gasteiger partial charge in [-0.15, -0.1) is 0 Å². The highest BCUT2D eigenvalue weighted by Gasteiger charge is 2.03. The van der Waals surface area contributed by atoms with Crippen LogP contribution in [0.2, 0.25) is 0 Å². The quantitative estimate of drug-likeness (QED) is 0.695. The van der Waals surface area contributed by atoms with Gasteiger partial charge in [0.05, 0.1) is 0 Å². The van der Waals surface area contributed by atoms with E-state index in [9.17, 15) is 5.11 Å². The third-order valence-electron chi connectivity index (χ3n) is 1.96. The normalized spacial score (nSPS) is 10.2. The van der Waals surface area contributed by atoms with E-state index in [0.29, 0.717) is 0 Å². The molecule has 0 amide bonds. The number of hydrogen-bond donors (Lipinski definition) is 2. The summed E-state index contributed by atoms with van der Waals surface area (Å²) in [6, 6.07) is 5.23. The van der Waals surface area contributed by atoms with Crippen LogP contribution >= 0.6 is 0 Å². The zero-order valence-electron chi connectivity index (χ0n) is 7.28. The smallest absolute Gasteiger partial charge is 0.137 e. The largest absolute Gasteiger partial charge is 0.508 e. The summed E-state index contributed by atoms with van der Waals surface area (Å²) in [6.07, 6.45) is 3.49. The van der Waals surface area contributed by atoms with Crippen molar-refractivity contribution in [2.45, 2.75) is 6.92 Å². The summed E-state index contributed by atoms with van der Waals surface area (Å²) in [6.45, 7) is 1.94. The summed E-state index contributed by atoms with van der Waals surface area (Å²) in [5.41, 5.74) is 2.03. The van der Waals surface area contributed by atoms with E-state index in [0.717, 1.165) is 17.0 Å². The summed E-state index contributed by atoms with van der Waals surface area (Å²) < 4.78 is 0. The Bertz CT molecular complexity index is 407. The first-order valence-corrected chi connectivity index (χ1v) is 4.07. The summed E-state index contributed by atoms with van der Waals surface area (Å²) in [7, 11) is 0. The van der Waals surface area contributed by atoms with Gasteiger partial charge in [-0.25, -0.2) is 4.98 Å². The molecule has 13 heavy (non-hydrogen) atoms. The van der Waals surface area contributed by atoms with E-state index in [4.69, 9.17) is 0 Å². The molecule has 0 fully saturated rings. The lowest BCUT2D eigenvalue weighted by atomic mass is 10.1. The second kappa shape index (κ2) is 2.94. The van der Waals surface area contributed by atoms with Crippen LogP contribution in [0.15, 0.2) is 30.6 Å². The SMILES string of the molecule is Cc1cc(O)ccc1-c1ncc[nH]1. The molecule has 2 rings (SSSR count). The molecule has 1 aromatic heterocycles. The molecule has 0 atom stereocenters. The Labute approximate surface area is 76.1 Å². The Balaban J connectivity index is 2.53. The lowest BCUT2D eigenvalue weighted by Gasteiger charge is -2.02. The molecule has 3 heteroatoms. The highest BCUT2D eigenvalue weighted by molar-refractivity contribution is 5.61. The van der Waals surface area contributed by atoms with Gasteiger partial charge in [-0.1, -0.05) is 0 Å². The third-order valence-corrected chi connectivity index (χ3v) is 1.96. The number of hydrogen-bond acceptors (Lipinski definition) is 2. The fourth-order valence-electron chi connectivity index (χ4n) is 1.33. The predicted octanol–water partition coefficient (Wildman–Crippen LogP) is 2.09. The van der Waals surface area contributed by atoms with Crippen LogP contribution in [0, 0.1) is 6.92 Å². The summed E-state index contributed by atoms with van der Waals surface area (Å²) in [5.74, 6) is 1.12. The van der Waals surface area contributed by atoms with E-state index in [1.807, 2.05) is 13.0 Å². The molecule has 0 unspecified atom stereocenters. The second-order valence-electron chi connectivity index (χ2n) is 2.94. The topological polar surface area (TPSA) is 48.9 Å². The Morgan fingerprint density at radius 3 is 2.85 bits per heavy atom. The minimum atomic E-state index is 0.285. The van der Waals surface area contributed by atoms with Gasteiger partial charge in [0.2, 0.25) is 0 Å². The number of aromatic amines is 1. The van der Waals surface area contributed by atoms with Crippen molar-refractivity contribution >= 4 is 0 Å². The van der Waals surface area contributed by atoms with E-state index in [-0.39, 0.29) is 5.75 Å². The molecule has 2 N–H and O–H groups in total. The van der Waals surface area contributed by atoms with E-state index < -0.39 is 0 Å². The van der Waals surface area contributed by atoms with Gasteiger partial charge in [-0.2, -0.15) is 0 Å². The van der Waals surface area contributed by atoms with Crippen LogP contribution in [0.5, 0.6) is 5.75 Å². The predicted molar refractivity (Wildman–Crippen MR) is 50.4 cm³/mol. The van der Waals surface area contributed by atoms with Gasteiger partial charge in [0, 0.05) is 18.0 Å². The molecule has 0 aliphatic rings. The molecule has 1 aromatic carbocycles. The Morgan fingerprint density at radius 1 is 1.38 bits per heavy atom.